The van der Waals surface area contributed by atoms with Crippen molar-refractivity contribution in [3.8, 4) is 0 Å². The van der Waals surface area contributed by atoms with Crippen molar-refractivity contribution in [1.82, 2.24) is 0 Å². The second-order valence-electron chi connectivity index (χ2n) is 3.59. The fourth-order valence-corrected chi connectivity index (χ4v) is 2.00. The Hall–Kier alpha value is -1.13. The van der Waals surface area contributed by atoms with Crippen LogP contribution in [0.2, 0.25) is 0 Å². The van der Waals surface area contributed by atoms with Crippen molar-refractivity contribution in [2.75, 3.05) is 0 Å². The fourth-order valence-electron chi connectivity index (χ4n) is 1.21. The Morgan fingerprint density at radius 3 is 1.88 bits per heavy atom. The Morgan fingerprint density at radius 1 is 1.12 bits per heavy atom. The van der Waals surface area contributed by atoms with Crippen LogP contribution >= 0.6 is 0 Å². The first-order chi connectivity index (χ1) is 7.23. The first kappa shape index (κ1) is 14.9. The van der Waals surface area contributed by atoms with E-state index < -0.39 is 10.1 Å². The molecule has 0 fully saturated rings. The molecule has 0 saturated heterocycles. The summed E-state index contributed by atoms with van der Waals surface area (Å²) in [7, 11) is -4.07. The van der Waals surface area contributed by atoms with Gasteiger partial charge in [0.25, 0.3) is 10.1 Å². The third-order valence-electron chi connectivity index (χ3n) is 2.07. The van der Waals surface area contributed by atoms with Crippen LogP contribution in [0.5, 0.6) is 0 Å². The second kappa shape index (κ2) is 5.82. The number of aryl methyl sites for hydroxylation is 3. The second-order valence-corrected chi connectivity index (χ2v) is 4.98. The van der Waals surface area contributed by atoms with Gasteiger partial charge in [-0.15, -0.1) is 6.58 Å². The molecule has 1 aromatic carbocycles. The average molecular weight is 242 g/mol. The van der Waals surface area contributed by atoms with Crippen molar-refractivity contribution >= 4 is 10.1 Å². The highest BCUT2D eigenvalue weighted by Crippen LogP contribution is 2.19. The molecule has 0 aliphatic rings. The molecule has 0 aliphatic heterocycles. The lowest BCUT2D eigenvalue weighted by molar-refractivity contribution is 0.482. The first-order valence-electron chi connectivity index (χ1n) is 4.86. The molecule has 1 rings (SSSR count). The molecule has 1 aromatic rings. The smallest absolute Gasteiger partial charge is 0.282 e. The molecule has 0 aromatic heterocycles. The maximum Gasteiger partial charge on any atom is 0.294 e. The average Bonchev–Trinajstić information content (AvgIpc) is 2.10. The minimum Gasteiger partial charge on any atom is -0.282 e. The van der Waals surface area contributed by atoms with Crippen molar-refractivity contribution in [2.45, 2.75) is 32.6 Å². The summed E-state index contributed by atoms with van der Waals surface area (Å²) < 4.78 is 30.6. The largest absolute Gasteiger partial charge is 0.294 e. The summed E-state index contributed by atoms with van der Waals surface area (Å²) in [5.74, 6) is 0. The summed E-state index contributed by atoms with van der Waals surface area (Å²) in [6.07, 6.45) is 1.75. The van der Waals surface area contributed by atoms with Gasteiger partial charge in [0.05, 0.1) is 4.90 Å². The Morgan fingerprint density at radius 2 is 1.50 bits per heavy atom. The van der Waals surface area contributed by atoms with Crippen LogP contribution < -0.4 is 0 Å². The Balaban J connectivity index is 0.000000673. The zero-order chi connectivity index (χ0) is 12.9. The number of rotatable bonds is 1. The Kier molecular flexibility index (Phi) is 5.41. The monoisotopic (exact) mass is 242 g/mol. The van der Waals surface area contributed by atoms with E-state index in [-0.39, 0.29) is 4.90 Å². The van der Waals surface area contributed by atoms with Crippen molar-refractivity contribution in [2.24, 2.45) is 0 Å². The zero-order valence-electron chi connectivity index (χ0n) is 10.1. The maximum absolute atomic E-state index is 10.9. The van der Waals surface area contributed by atoms with E-state index in [2.05, 4.69) is 6.58 Å². The van der Waals surface area contributed by atoms with Crippen molar-refractivity contribution in [3.63, 3.8) is 0 Å². The topological polar surface area (TPSA) is 54.4 Å². The predicted molar refractivity (Wildman–Crippen MR) is 66.3 cm³/mol. The molecule has 0 saturated carbocycles. The number of hydrogen-bond acceptors (Lipinski definition) is 2. The molecule has 0 spiro atoms. The quantitative estimate of drug-likeness (QED) is 0.608. The molecule has 0 bridgehead atoms. The predicted octanol–water partition coefficient (Wildman–Crippen LogP) is 3.05. The highest BCUT2D eigenvalue weighted by atomic mass is 32.2. The highest BCUT2D eigenvalue weighted by molar-refractivity contribution is 7.85. The third-order valence-corrected chi connectivity index (χ3v) is 3.06. The van der Waals surface area contributed by atoms with Crippen LogP contribution in [0.25, 0.3) is 0 Å². The molecular weight excluding hydrogens is 224 g/mol. The van der Waals surface area contributed by atoms with Gasteiger partial charge in [-0.25, -0.2) is 0 Å². The van der Waals surface area contributed by atoms with Gasteiger partial charge in [0.2, 0.25) is 0 Å². The molecular formula is C12H18O3S. The van der Waals surface area contributed by atoms with Gasteiger partial charge in [0.15, 0.2) is 0 Å². The summed E-state index contributed by atoms with van der Waals surface area (Å²) in [6.45, 7) is 10.6. The van der Waals surface area contributed by atoms with E-state index in [1.165, 1.54) is 6.07 Å². The molecule has 4 heteroatoms. The lowest BCUT2D eigenvalue weighted by atomic mass is 10.1. The summed E-state index contributed by atoms with van der Waals surface area (Å²) in [5, 5.41) is 0. The van der Waals surface area contributed by atoms with E-state index in [0.717, 1.165) is 11.1 Å². The standard InChI is InChI=1S/C9H12O3S.C3H6/c1-6-4-8(3)9(5-7(6)2)13(10,11)12;1-3-2/h4-5H,1-3H3,(H,10,11,12);3H,1H2,2H3. The zero-order valence-corrected chi connectivity index (χ0v) is 10.9. The first-order valence-corrected chi connectivity index (χ1v) is 6.30. The van der Waals surface area contributed by atoms with E-state index in [9.17, 15) is 8.42 Å². The van der Waals surface area contributed by atoms with Crippen LogP contribution in [0.15, 0.2) is 29.7 Å². The van der Waals surface area contributed by atoms with E-state index in [4.69, 9.17) is 4.55 Å². The number of allylic oxidation sites excluding steroid dienone is 1. The summed E-state index contributed by atoms with van der Waals surface area (Å²) in [6, 6.07) is 3.23. The van der Waals surface area contributed by atoms with Gasteiger partial charge < -0.3 is 0 Å². The molecule has 3 nitrogen and oxygen atoms in total. The van der Waals surface area contributed by atoms with Gasteiger partial charge in [0, 0.05) is 0 Å². The minimum absolute atomic E-state index is 0.00407. The van der Waals surface area contributed by atoms with Crippen LogP contribution in [0.3, 0.4) is 0 Å². The van der Waals surface area contributed by atoms with Gasteiger partial charge in [-0.3, -0.25) is 4.55 Å². The Bertz CT molecular complexity index is 473. The van der Waals surface area contributed by atoms with Gasteiger partial charge in [-0.2, -0.15) is 8.42 Å². The maximum atomic E-state index is 10.9. The van der Waals surface area contributed by atoms with Crippen LogP contribution in [-0.2, 0) is 10.1 Å². The van der Waals surface area contributed by atoms with Crippen LogP contribution in [0, 0.1) is 20.8 Å². The molecule has 90 valence electrons. The lowest BCUT2D eigenvalue weighted by Crippen LogP contribution is -2.02. The van der Waals surface area contributed by atoms with E-state index in [0.29, 0.717) is 5.56 Å². The minimum atomic E-state index is -4.07. The molecule has 0 atom stereocenters. The molecule has 0 unspecified atom stereocenters. The molecule has 0 heterocycles. The highest BCUT2D eigenvalue weighted by Gasteiger charge is 2.13. The fraction of sp³-hybridized carbons (Fsp3) is 0.333. The summed E-state index contributed by atoms with van der Waals surface area (Å²) in [5.41, 5.74) is 2.45. The van der Waals surface area contributed by atoms with Gasteiger partial charge in [-0.1, -0.05) is 12.1 Å². The van der Waals surface area contributed by atoms with Crippen molar-refractivity contribution in [1.29, 1.82) is 0 Å². The Labute approximate surface area is 97.6 Å². The van der Waals surface area contributed by atoms with E-state index in [1.807, 2.05) is 20.8 Å². The van der Waals surface area contributed by atoms with E-state index >= 15 is 0 Å². The van der Waals surface area contributed by atoms with Gasteiger partial charge in [-0.05, 0) is 50.5 Å². The number of benzene rings is 1. The third kappa shape index (κ3) is 4.16. The van der Waals surface area contributed by atoms with Crippen LogP contribution in [0.4, 0.5) is 0 Å². The summed E-state index contributed by atoms with van der Waals surface area (Å²) in [4.78, 5) is -0.00407. The molecule has 0 amide bonds. The summed E-state index contributed by atoms with van der Waals surface area (Å²) >= 11 is 0. The molecule has 0 radical (unpaired) electrons. The van der Waals surface area contributed by atoms with Gasteiger partial charge in [0.1, 0.15) is 0 Å². The van der Waals surface area contributed by atoms with Crippen LogP contribution in [0.1, 0.15) is 23.6 Å². The van der Waals surface area contributed by atoms with Gasteiger partial charge >= 0.3 is 0 Å². The lowest BCUT2D eigenvalue weighted by Gasteiger charge is -2.06. The molecule has 1 N–H and O–H groups in total. The number of hydrogen-bond donors (Lipinski definition) is 1. The molecule has 0 aliphatic carbocycles. The SMILES string of the molecule is C=CC.Cc1cc(C)c(S(=O)(=O)O)cc1C. The van der Waals surface area contributed by atoms with E-state index in [1.54, 1.807) is 19.1 Å². The van der Waals surface area contributed by atoms with Crippen molar-refractivity contribution in [3.05, 3.63) is 41.5 Å². The van der Waals surface area contributed by atoms with Crippen LogP contribution in [-0.4, -0.2) is 13.0 Å². The normalized spacial score (nSPS) is 10.3. The van der Waals surface area contributed by atoms with Crippen molar-refractivity contribution < 1.29 is 13.0 Å². The molecule has 16 heavy (non-hydrogen) atoms.